The zero-order valence-corrected chi connectivity index (χ0v) is 15.7. The maximum atomic E-state index is 12.5. The zero-order chi connectivity index (χ0) is 16.6. The van der Waals surface area contributed by atoms with Gasteiger partial charge in [-0.15, -0.1) is 0 Å². The number of pyridine rings is 1. The molecule has 0 spiro atoms. The van der Waals surface area contributed by atoms with E-state index in [4.69, 9.17) is 11.6 Å². The summed E-state index contributed by atoms with van der Waals surface area (Å²) >= 11 is 9.20. The first-order chi connectivity index (χ1) is 10.8. The number of nitrogens with one attached hydrogen (secondary N) is 1. The molecule has 23 heavy (non-hydrogen) atoms. The van der Waals surface area contributed by atoms with Crippen LogP contribution in [0.5, 0.6) is 0 Å². The van der Waals surface area contributed by atoms with Crippen LogP contribution >= 0.6 is 34.7 Å². The lowest BCUT2D eigenvalue weighted by atomic mass is 10.2. The molecular formula is C15H13BrClN4OP. The van der Waals surface area contributed by atoms with Crippen molar-refractivity contribution < 1.29 is 4.57 Å². The van der Waals surface area contributed by atoms with Crippen molar-refractivity contribution in [2.75, 3.05) is 18.6 Å². The van der Waals surface area contributed by atoms with Crippen molar-refractivity contribution in [1.82, 2.24) is 15.0 Å². The third-order valence-corrected chi connectivity index (χ3v) is 5.57. The van der Waals surface area contributed by atoms with Crippen molar-refractivity contribution in [3.8, 4) is 0 Å². The number of aromatic nitrogens is 3. The van der Waals surface area contributed by atoms with E-state index in [1.807, 2.05) is 24.3 Å². The number of hydrogen-bond acceptors (Lipinski definition) is 5. The first-order valence-electron chi connectivity index (χ1n) is 6.74. The molecule has 1 aromatic carbocycles. The van der Waals surface area contributed by atoms with E-state index in [0.717, 1.165) is 21.9 Å². The lowest BCUT2D eigenvalue weighted by molar-refractivity contribution is 0.588. The Morgan fingerprint density at radius 2 is 2.00 bits per heavy atom. The minimum atomic E-state index is -2.41. The number of fused-ring (bicyclic) bond motifs is 1. The highest BCUT2D eigenvalue weighted by molar-refractivity contribution is 9.10. The van der Waals surface area contributed by atoms with E-state index in [0.29, 0.717) is 10.3 Å². The minimum absolute atomic E-state index is 0.150. The van der Waals surface area contributed by atoms with Gasteiger partial charge in [0, 0.05) is 16.9 Å². The number of hydrogen-bond donors (Lipinski definition) is 1. The van der Waals surface area contributed by atoms with E-state index in [9.17, 15) is 4.57 Å². The van der Waals surface area contributed by atoms with Gasteiger partial charge in [0.1, 0.15) is 13.0 Å². The van der Waals surface area contributed by atoms with Gasteiger partial charge in [0.05, 0.1) is 21.9 Å². The van der Waals surface area contributed by atoms with Gasteiger partial charge >= 0.3 is 0 Å². The smallest absolute Gasteiger partial charge is 0.224 e. The summed E-state index contributed by atoms with van der Waals surface area (Å²) in [6.45, 7) is 3.51. The maximum absolute atomic E-state index is 12.5. The second kappa shape index (κ2) is 6.19. The van der Waals surface area contributed by atoms with Gasteiger partial charge in [-0.2, -0.15) is 4.98 Å². The molecule has 0 saturated heterocycles. The van der Waals surface area contributed by atoms with Crippen LogP contribution in [-0.2, 0) is 4.57 Å². The molecule has 0 aliphatic rings. The van der Waals surface area contributed by atoms with Gasteiger partial charge in [0.15, 0.2) is 0 Å². The number of rotatable bonds is 3. The van der Waals surface area contributed by atoms with Gasteiger partial charge in [0.2, 0.25) is 5.28 Å². The molecule has 0 atom stereocenters. The monoisotopic (exact) mass is 410 g/mol. The molecule has 0 aliphatic carbocycles. The van der Waals surface area contributed by atoms with Crippen molar-refractivity contribution in [3.63, 3.8) is 0 Å². The molecule has 0 amide bonds. The quantitative estimate of drug-likeness (QED) is 0.510. The van der Waals surface area contributed by atoms with Crippen LogP contribution in [0.2, 0.25) is 5.28 Å². The fraction of sp³-hybridized carbons (Fsp3) is 0.133. The first kappa shape index (κ1) is 16.4. The van der Waals surface area contributed by atoms with Crippen molar-refractivity contribution in [3.05, 3.63) is 46.4 Å². The van der Waals surface area contributed by atoms with Gasteiger partial charge in [-0.25, -0.2) is 4.98 Å². The van der Waals surface area contributed by atoms with Crippen molar-refractivity contribution in [2.24, 2.45) is 0 Å². The Hall–Kier alpha value is -1.49. The molecule has 8 heteroatoms. The van der Waals surface area contributed by atoms with E-state index in [-0.39, 0.29) is 5.28 Å². The average molecular weight is 412 g/mol. The Balaban J connectivity index is 2.09. The molecule has 3 rings (SSSR count). The Bertz CT molecular complexity index is 944. The van der Waals surface area contributed by atoms with Crippen LogP contribution in [0.15, 0.2) is 41.1 Å². The molecule has 0 unspecified atom stereocenters. The van der Waals surface area contributed by atoms with Crippen molar-refractivity contribution in [2.45, 2.75) is 0 Å². The second-order valence-electron chi connectivity index (χ2n) is 5.38. The van der Waals surface area contributed by atoms with Crippen LogP contribution in [0.4, 0.5) is 11.5 Å². The molecule has 0 fully saturated rings. The van der Waals surface area contributed by atoms with Crippen LogP contribution in [0, 0.1) is 0 Å². The summed E-state index contributed by atoms with van der Waals surface area (Å²) in [6.07, 6.45) is 3.27. The van der Waals surface area contributed by atoms with Crippen LogP contribution in [0.25, 0.3) is 10.9 Å². The van der Waals surface area contributed by atoms with E-state index in [1.54, 1.807) is 25.7 Å². The Labute approximate surface area is 147 Å². The predicted octanol–water partition coefficient (Wildman–Crippen LogP) is 4.43. The number of halogens is 2. The Morgan fingerprint density at radius 1 is 1.22 bits per heavy atom. The SMILES string of the molecule is CP(C)(=O)c1cccc2ncc(Nc3nc(Cl)ncc3Br)cc12. The van der Waals surface area contributed by atoms with Gasteiger partial charge in [-0.3, -0.25) is 4.98 Å². The van der Waals surface area contributed by atoms with E-state index in [1.165, 1.54) is 0 Å². The Morgan fingerprint density at radius 3 is 2.74 bits per heavy atom. The average Bonchev–Trinajstić information content (AvgIpc) is 2.49. The normalized spacial score (nSPS) is 11.7. The van der Waals surface area contributed by atoms with E-state index in [2.05, 4.69) is 36.2 Å². The summed E-state index contributed by atoms with van der Waals surface area (Å²) in [5, 5.41) is 4.97. The topological polar surface area (TPSA) is 67.8 Å². The lowest BCUT2D eigenvalue weighted by Gasteiger charge is -2.12. The molecule has 0 radical (unpaired) electrons. The van der Waals surface area contributed by atoms with Crippen molar-refractivity contribution in [1.29, 1.82) is 0 Å². The van der Waals surface area contributed by atoms with Gasteiger partial charge < -0.3 is 9.88 Å². The van der Waals surface area contributed by atoms with Crippen LogP contribution < -0.4 is 10.6 Å². The number of benzene rings is 1. The van der Waals surface area contributed by atoms with Crippen molar-refractivity contribution >= 4 is 62.4 Å². The van der Waals surface area contributed by atoms with E-state index < -0.39 is 7.14 Å². The Kier molecular flexibility index (Phi) is 4.41. The highest BCUT2D eigenvalue weighted by Crippen LogP contribution is 2.37. The highest BCUT2D eigenvalue weighted by Gasteiger charge is 2.15. The summed E-state index contributed by atoms with van der Waals surface area (Å²) in [7, 11) is -2.41. The zero-order valence-electron chi connectivity index (χ0n) is 12.4. The molecule has 5 nitrogen and oxygen atoms in total. The van der Waals surface area contributed by atoms with E-state index >= 15 is 0 Å². The van der Waals surface area contributed by atoms with Gasteiger partial charge in [-0.05, 0) is 53.0 Å². The molecular weight excluding hydrogens is 399 g/mol. The second-order valence-corrected chi connectivity index (χ2v) is 9.76. The molecule has 0 aliphatic heterocycles. The molecule has 3 aromatic rings. The predicted molar refractivity (Wildman–Crippen MR) is 98.9 cm³/mol. The molecule has 1 N–H and O–H groups in total. The molecule has 2 aromatic heterocycles. The third-order valence-electron chi connectivity index (χ3n) is 3.26. The number of anilines is 2. The van der Waals surface area contributed by atoms with Gasteiger partial charge in [-0.1, -0.05) is 12.1 Å². The van der Waals surface area contributed by atoms with Crippen LogP contribution in [0.1, 0.15) is 0 Å². The summed E-state index contributed by atoms with van der Waals surface area (Å²) in [4.78, 5) is 12.5. The third kappa shape index (κ3) is 3.55. The highest BCUT2D eigenvalue weighted by atomic mass is 79.9. The number of nitrogens with zero attached hydrogens (tertiary/aromatic N) is 3. The van der Waals surface area contributed by atoms with Gasteiger partial charge in [0.25, 0.3) is 0 Å². The fourth-order valence-corrected chi connectivity index (χ4v) is 3.87. The summed E-state index contributed by atoms with van der Waals surface area (Å²) in [6, 6.07) is 7.57. The maximum Gasteiger partial charge on any atom is 0.224 e. The van der Waals surface area contributed by atoms with Crippen LogP contribution in [0.3, 0.4) is 0 Å². The summed E-state index contributed by atoms with van der Waals surface area (Å²) in [5.74, 6) is 0.541. The molecule has 0 bridgehead atoms. The summed E-state index contributed by atoms with van der Waals surface area (Å²) < 4.78 is 13.2. The fourth-order valence-electron chi connectivity index (χ4n) is 2.24. The molecule has 2 heterocycles. The lowest BCUT2D eigenvalue weighted by Crippen LogP contribution is -2.06. The molecule has 0 saturated carbocycles. The van der Waals surface area contributed by atoms with Crippen LogP contribution in [-0.4, -0.2) is 28.3 Å². The summed E-state index contributed by atoms with van der Waals surface area (Å²) in [5.41, 5.74) is 1.53. The first-order valence-corrected chi connectivity index (χ1v) is 10.5. The largest absolute Gasteiger partial charge is 0.338 e. The standard InChI is InChI=1S/C15H13BrClN4OP/c1-23(2,22)13-5-3-4-12-10(13)6-9(7-18-12)20-14-11(16)8-19-15(17)21-14/h3-8H,1-2H3,(H,19,20,21). The molecule has 118 valence electrons. The minimum Gasteiger partial charge on any atom is -0.338 e.